The molecule has 0 atom stereocenters. The minimum atomic E-state index is -0.166. The smallest absolute Gasteiger partial charge is 0.258 e. The molecule has 2 aromatic carbocycles. The van der Waals surface area contributed by atoms with Crippen LogP contribution in [0.3, 0.4) is 0 Å². The monoisotopic (exact) mass is 367 g/mol. The molecule has 0 fully saturated rings. The normalized spacial score (nSPS) is 10.6. The molecule has 0 aliphatic heterocycles. The zero-order valence-corrected chi connectivity index (χ0v) is 15.2. The van der Waals surface area contributed by atoms with E-state index in [1.54, 1.807) is 50.6 Å². The second-order valence-electron chi connectivity index (χ2n) is 6.00. The molecule has 2 N–H and O–H groups in total. The van der Waals surface area contributed by atoms with Gasteiger partial charge in [0.25, 0.3) is 5.56 Å². The molecular formula is C20H21N3O4. The molecule has 0 bridgehead atoms. The number of rotatable bonds is 7. The molecule has 0 saturated heterocycles. The number of fused-ring (bicyclic) bond motifs is 1. The van der Waals surface area contributed by atoms with E-state index in [-0.39, 0.29) is 17.9 Å². The number of amides is 1. The summed E-state index contributed by atoms with van der Waals surface area (Å²) in [6.07, 6.45) is 1.35. The Morgan fingerprint density at radius 2 is 1.96 bits per heavy atom. The molecule has 0 unspecified atom stereocenters. The number of hydrogen-bond donors (Lipinski definition) is 2. The maximum atomic E-state index is 12.2. The van der Waals surface area contributed by atoms with Gasteiger partial charge in [-0.15, -0.1) is 0 Å². The number of aromatic amines is 1. The number of anilines is 1. The average Bonchev–Trinajstić information content (AvgIpc) is 2.68. The number of aryl methyl sites for hydroxylation is 1. The molecule has 3 aromatic rings. The van der Waals surface area contributed by atoms with E-state index in [9.17, 15) is 9.59 Å². The van der Waals surface area contributed by atoms with Crippen LogP contribution in [0.25, 0.3) is 10.9 Å². The number of methoxy groups -OCH3 is 2. The zero-order chi connectivity index (χ0) is 19.2. The fourth-order valence-electron chi connectivity index (χ4n) is 2.79. The molecule has 140 valence electrons. The molecule has 1 heterocycles. The van der Waals surface area contributed by atoms with E-state index in [0.29, 0.717) is 46.8 Å². The lowest BCUT2D eigenvalue weighted by molar-refractivity contribution is -0.116. The van der Waals surface area contributed by atoms with Gasteiger partial charge in [0.05, 0.1) is 30.8 Å². The minimum Gasteiger partial charge on any atom is -0.497 e. The Morgan fingerprint density at radius 1 is 1.15 bits per heavy atom. The SMILES string of the molecule is COc1ccc(OC)c(NC(=O)CCCc2nc3ccccc3c(=O)[nH]2)c1. The van der Waals surface area contributed by atoms with Gasteiger partial charge in [0.1, 0.15) is 17.3 Å². The van der Waals surface area contributed by atoms with Crippen LogP contribution in [0.4, 0.5) is 5.69 Å². The fraction of sp³-hybridized carbons (Fsp3) is 0.250. The van der Waals surface area contributed by atoms with Crippen LogP contribution in [0, 0.1) is 0 Å². The summed E-state index contributed by atoms with van der Waals surface area (Å²) in [5.41, 5.74) is 1.04. The highest BCUT2D eigenvalue weighted by Crippen LogP contribution is 2.29. The number of ether oxygens (including phenoxy) is 2. The van der Waals surface area contributed by atoms with Crippen molar-refractivity contribution in [2.24, 2.45) is 0 Å². The van der Waals surface area contributed by atoms with Crippen LogP contribution in [-0.4, -0.2) is 30.1 Å². The lowest BCUT2D eigenvalue weighted by Crippen LogP contribution is -2.14. The summed E-state index contributed by atoms with van der Waals surface area (Å²) in [7, 11) is 3.10. The van der Waals surface area contributed by atoms with Gasteiger partial charge in [-0.2, -0.15) is 0 Å². The maximum Gasteiger partial charge on any atom is 0.258 e. The summed E-state index contributed by atoms with van der Waals surface area (Å²) in [6, 6.07) is 12.4. The molecule has 0 radical (unpaired) electrons. The van der Waals surface area contributed by atoms with Crippen molar-refractivity contribution in [3.63, 3.8) is 0 Å². The van der Waals surface area contributed by atoms with Gasteiger partial charge < -0.3 is 19.8 Å². The van der Waals surface area contributed by atoms with E-state index in [0.717, 1.165) is 0 Å². The van der Waals surface area contributed by atoms with Crippen LogP contribution in [0.15, 0.2) is 47.3 Å². The second-order valence-corrected chi connectivity index (χ2v) is 6.00. The van der Waals surface area contributed by atoms with Gasteiger partial charge in [0.2, 0.25) is 5.91 Å². The second kappa shape index (κ2) is 8.35. The summed E-state index contributed by atoms with van der Waals surface area (Å²) < 4.78 is 10.4. The van der Waals surface area contributed by atoms with Gasteiger partial charge in [0.15, 0.2) is 0 Å². The van der Waals surface area contributed by atoms with Crippen LogP contribution in [-0.2, 0) is 11.2 Å². The first-order chi connectivity index (χ1) is 13.1. The lowest BCUT2D eigenvalue weighted by Gasteiger charge is -2.11. The number of carbonyl (C=O) groups is 1. The quantitative estimate of drug-likeness (QED) is 0.670. The van der Waals surface area contributed by atoms with Gasteiger partial charge in [-0.1, -0.05) is 12.1 Å². The van der Waals surface area contributed by atoms with Crippen LogP contribution < -0.4 is 20.3 Å². The summed E-state index contributed by atoms with van der Waals surface area (Å²) in [5, 5.41) is 3.39. The van der Waals surface area contributed by atoms with E-state index >= 15 is 0 Å². The van der Waals surface area contributed by atoms with E-state index in [4.69, 9.17) is 9.47 Å². The zero-order valence-electron chi connectivity index (χ0n) is 15.2. The number of benzene rings is 2. The van der Waals surface area contributed by atoms with Gasteiger partial charge in [-0.3, -0.25) is 9.59 Å². The molecular weight excluding hydrogens is 346 g/mol. The number of para-hydroxylation sites is 1. The predicted molar refractivity (Wildman–Crippen MR) is 103 cm³/mol. The van der Waals surface area contributed by atoms with Gasteiger partial charge in [-0.05, 0) is 30.7 Å². The predicted octanol–water partition coefficient (Wildman–Crippen LogP) is 2.90. The van der Waals surface area contributed by atoms with Crippen molar-refractivity contribution in [3.05, 3.63) is 58.6 Å². The van der Waals surface area contributed by atoms with Crippen molar-refractivity contribution in [2.75, 3.05) is 19.5 Å². The van der Waals surface area contributed by atoms with Crippen LogP contribution in [0.2, 0.25) is 0 Å². The van der Waals surface area contributed by atoms with Gasteiger partial charge >= 0.3 is 0 Å². The van der Waals surface area contributed by atoms with Crippen LogP contribution >= 0.6 is 0 Å². The lowest BCUT2D eigenvalue weighted by atomic mass is 10.2. The minimum absolute atomic E-state index is 0.148. The maximum absolute atomic E-state index is 12.2. The molecule has 0 spiro atoms. The van der Waals surface area contributed by atoms with Crippen molar-refractivity contribution in [1.82, 2.24) is 9.97 Å². The van der Waals surface area contributed by atoms with Crippen molar-refractivity contribution < 1.29 is 14.3 Å². The fourth-order valence-corrected chi connectivity index (χ4v) is 2.79. The van der Waals surface area contributed by atoms with Crippen LogP contribution in [0.5, 0.6) is 11.5 Å². The first kappa shape index (κ1) is 18.4. The molecule has 27 heavy (non-hydrogen) atoms. The standard InChI is InChI=1S/C20H21N3O4/c1-26-13-10-11-17(27-2)16(12-13)22-19(24)9-5-8-18-21-15-7-4-3-6-14(15)20(25)23-18/h3-4,6-7,10-12H,5,8-9H2,1-2H3,(H,22,24)(H,21,23,25). The molecule has 1 aromatic heterocycles. The number of aromatic nitrogens is 2. The molecule has 0 saturated carbocycles. The third-order valence-electron chi connectivity index (χ3n) is 4.16. The Morgan fingerprint density at radius 3 is 2.74 bits per heavy atom. The largest absolute Gasteiger partial charge is 0.497 e. The highest BCUT2D eigenvalue weighted by atomic mass is 16.5. The van der Waals surface area contributed by atoms with Crippen molar-refractivity contribution in [1.29, 1.82) is 0 Å². The summed E-state index contributed by atoms with van der Waals surface area (Å²) in [5.74, 6) is 1.61. The Labute approximate surface area is 156 Å². The van der Waals surface area contributed by atoms with E-state index in [2.05, 4.69) is 15.3 Å². The van der Waals surface area contributed by atoms with E-state index in [1.807, 2.05) is 6.07 Å². The summed E-state index contributed by atoms with van der Waals surface area (Å²) >= 11 is 0. The van der Waals surface area contributed by atoms with Crippen LogP contribution in [0.1, 0.15) is 18.7 Å². The van der Waals surface area contributed by atoms with E-state index < -0.39 is 0 Å². The molecule has 1 amide bonds. The number of nitrogens with zero attached hydrogens (tertiary/aromatic N) is 1. The Balaban J connectivity index is 1.61. The first-order valence-corrected chi connectivity index (χ1v) is 8.60. The number of carbonyl (C=O) groups excluding carboxylic acids is 1. The molecule has 7 heteroatoms. The molecule has 0 aliphatic carbocycles. The Hall–Kier alpha value is -3.35. The molecule has 3 rings (SSSR count). The van der Waals surface area contributed by atoms with Crippen molar-refractivity contribution in [3.8, 4) is 11.5 Å². The van der Waals surface area contributed by atoms with Crippen molar-refractivity contribution >= 4 is 22.5 Å². The number of hydrogen-bond acceptors (Lipinski definition) is 5. The van der Waals surface area contributed by atoms with E-state index in [1.165, 1.54) is 0 Å². The first-order valence-electron chi connectivity index (χ1n) is 8.60. The number of nitrogens with one attached hydrogen (secondary N) is 2. The summed E-state index contributed by atoms with van der Waals surface area (Å²) in [6.45, 7) is 0. The van der Waals surface area contributed by atoms with Gasteiger partial charge in [-0.25, -0.2) is 4.98 Å². The highest BCUT2D eigenvalue weighted by molar-refractivity contribution is 5.92. The molecule has 7 nitrogen and oxygen atoms in total. The average molecular weight is 367 g/mol. The van der Waals surface area contributed by atoms with Gasteiger partial charge in [0, 0.05) is 18.9 Å². The third kappa shape index (κ3) is 4.44. The Bertz CT molecular complexity index is 1010. The highest BCUT2D eigenvalue weighted by Gasteiger charge is 2.10. The topological polar surface area (TPSA) is 93.3 Å². The summed E-state index contributed by atoms with van der Waals surface area (Å²) in [4.78, 5) is 31.5. The van der Waals surface area contributed by atoms with Crippen molar-refractivity contribution in [2.45, 2.75) is 19.3 Å². The third-order valence-corrected chi connectivity index (χ3v) is 4.16. The Kier molecular flexibility index (Phi) is 5.71. The molecule has 0 aliphatic rings. The number of H-pyrrole nitrogens is 1.